The number of halogens is 2. The second kappa shape index (κ2) is 8.96. The van der Waals surface area contributed by atoms with E-state index in [4.69, 9.17) is 23.2 Å². The van der Waals surface area contributed by atoms with E-state index < -0.39 is 10.0 Å². The number of rotatable bonds is 7. The second-order valence-corrected chi connectivity index (χ2v) is 9.37. The topological polar surface area (TPSA) is 75.3 Å². The summed E-state index contributed by atoms with van der Waals surface area (Å²) in [6, 6.07) is 14.3. The van der Waals surface area contributed by atoms with Gasteiger partial charge in [0.25, 0.3) is 15.9 Å². The van der Waals surface area contributed by atoms with Crippen LogP contribution in [-0.4, -0.2) is 20.9 Å². The Balaban J connectivity index is 1.74. The highest BCUT2D eigenvalue weighted by Gasteiger charge is 2.20. The van der Waals surface area contributed by atoms with Gasteiger partial charge in [-0.2, -0.15) is 0 Å². The largest absolute Gasteiger partial charge is 0.352 e. The Hall–Kier alpha value is -2.06. The van der Waals surface area contributed by atoms with Crippen molar-refractivity contribution in [3.63, 3.8) is 0 Å². The van der Waals surface area contributed by atoms with Crippen molar-refractivity contribution < 1.29 is 13.2 Å². The molecule has 9 heteroatoms. The van der Waals surface area contributed by atoms with E-state index in [9.17, 15) is 13.2 Å². The monoisotopic (exact) mass is 454 g/mol. The first-order valence-electron chi connectivity index (χ1n) is 8.24. The van der Waals surface area contributed by atoms with Crippen molar-refractivity contribution in [3.05, 3.63) is 80.5 Å². The molecule has 3 rings (SSSR count). The molecule has 0 radical (unpaired) electrons. The van der Waals surface area contributed by atoms with Gasteiger partial charge in [0.05, 0.1) is 5.02 Å². The molecule has 2 aromatic carbocycles. The van der Waals surface area contributed by atoms with Gasteiger partial charge >= 0.3 is 0 Å². The zero-order valence-corrected chi connectivity index (χ0v) is 17.6. The number of nitrogens with one attached hydrogen (secondary N) is 2. The maximum absolute atomic E-state index is 12.7. The van der Waals surface area contributed by atoms with Crippen molar-refractivity contribution in [3.8, 4) is 0 Å². The van der Waals surface area contributed by atoms with Crippen LogP contribution in [-0.2, 0) is 16.4 Å². The average Bonchev–Trinajstić information content (AvgIpc) is 3.17. The van der Waals surface area contributed by atoms with E-state index in [1.54, 1.807) is 23.5 Å². The molecule has 1 amide bonds. The number of amides is 1. The van der Waals surface area contributed by atoms with Crippen LogP contribution in [0.4, 0.5) is 5.69 Å². The number of anilines is 1. The van der Waals surface area contributed by atoms with Gasteiger partial charge in [-0.25, -0.2) is 8.42 Å². The minimum atomic E-state index is -3.97. The van der Waals surface area contributed by atoms with Gasteiger partial charge in [0.2, 0.25) is 0 Å². The quantitative estimate of drug-likeness (QED) is 0.536. The van der Waals surface area contributed by atoms with Gasteiger partial charge in [-0.05, 0) is 60.3 Å². The second-order valence-electron chi connectivity index (χ2n) is 5.84. The van der Waals surface area contributed by atoms with E-state index in [0.717, 1.165) is 4.88 Å². The number of carbonyl (C=O) groups excluding carboxylic acids is 1. The summed E-state index contributed by atoms with van der Waals surface area (Å²) in [5.41, 5.74) is 0.554. The Morgan fingerprint density at radius 1 is 1.04 bits per heavy atom. The molecule has 28 heavy (non-hydrogen) atoms. The average molecular weight is 455 g/mol. The van der Waals surface area contributed by atoms with Crippen LogP contribution in [0.2, 0.25) is 10.0 Å². The van der Waals surface area contributed by atoms with Crippen molar-refractivity contribution in [1.82, 2.24) is 5.32 Å². The summed E-state index contributed by atoms with van der Waals surface area (Å²) in [5, 5.41) is 5.27. The summed E-state index contributed by atoms with van der Waals surface area (Å²) in [6.45, 7) is 0.451. The summed E-state index contributed by atoms with van der Waals surface area (Å²) in [6.07, 6.45) is 0.709. The Morgan fingerprint density at radius 3 is 2.46 bits per heavy atom. The first-order chi connectivity index (χ1) is 13.3. The van der Waals surface area contributed by atoms with E-state index >= 15 is 0 Å². The van der Waals surface area contributed by atoms with Gasteiger partial charge in [0.1, 0.15) is 4.90 Å². The van der Waals surface area contributed by atoms with Crippen LogP contribution in [0.15, 0.2) is 64.9 Å². The zero-order chi connectivity index (χ0) is 20.1. The van der Waals surface area contributed by atoms with Crippen LogP contribution in [0.25, 0.3) is 0 Å². The number of benzene rings is 2. The highest BCUT2D eigenvalue weighted by atomic mass is 35.5. The lowest BCUT2D eigenvalue weighted by Crippen LogP contribution is -2.26. The molecule has 0 saturated carbocycles. The molecule has 0 saturated heterocycles. The van der Waals surface area contributed by atoms with Crippen LogP contribution in [0.5, 0.6) is 0 Å². The van der Waals surface area contributed by atoms with Gasteiger partial charge in [0.15, 0.2) is 0 Å². The molecule has 5 nitrogen and oxygen atoms in total. The molecule has 146 valence electrons. The number of hydrogen-bond acceptors (Lipinski definition) is 4. The van der Waals surface area contributed by atoms with E-state index in [-0.39, 0.29) is 21.4 Å². The fourth-order valence-electron chi connectivity index (χ4n) is 2.43. The fourth-order valence-corrected chi connectivity index (χ4v) is 4.86. The number of hydrogen-bond donors (Lipinski definition) is 2. The molecular formula is C19H16Cl2N2O3S2. The van der Waals surface area contributed by atoms with Crippen LogP contribution in [0.1, 0.15) is 15.2 Å². The van der Waals surface area contributed by atoms with Crippen LogP contribution < -0.4 is 10.0 Å². The molecule has 0 aliphatic heterocycles. The van der Waals surface area contributed by atoms with Crippen molar-refractivity contribution in [2.24, 2.45) is 0 Å². The maximum Gasteiger partial charge on any atom is 0.263 e. The lowest BCUT2D eigenvalue weighted by Gasteiger charge is -2.11. The minimum Gasteiger partial charge on any atom is -0.352 e. The summed E-state index contributed by atoms with van der Waals surface area (Å²) in [4.78, 5) is 13.4. The molecule has 2 N–H and O–H groups in total. The van der Waals surface area contributed by atoms with E-state index in [2.05, 4.69) is 10.0 Å². The van der Waals surface area contributed by atoms with Crippen LogP contribution in [0, 0.1) is 0 Å². The number of sulfonamides is 1. The van der Waals surface area contributed by atoms with Gasteiger partial charge < -0.3 is 5.32 Å². The lowest BCUT2D eigenvalue weighted by atomic mass is 10.2. The molecule has 0 fully saturated rings. The highest BCUT2D eigenvalue weighted by molar-refractivity contribution is 7.92. The minimum absolute atomic E-state index is 0.0246. The SMILES string of the molecule is O=C(NCCc1cccs1)c1ccc(Cl)c(S(=O)(=O)Nc2ccc(Cl)cc2)c1. The normalized spacial score (nSPS) is 11.2. The summed E-state index contributed by atoms with van der Waals surface area (Å²) >= 11 is 13.5. The van der Waals surface area contributed by atoms with Crippen LogP contribution >= 0.6 is 34.5 Å². The molecule has 0 unspecified atom stereocenters. The van der Waals surface area contributed by atoms with Gasteiger partial charge in [-0.3, -0.25) is 9.52 Å². The third-order valence-corrected chi connectivity index (χ3v) is 6.87. The predicted octanol–water partition coefficient (Wildman–Crippen LogP) is 4.83. The third kappa shape index (κ3) is 5.26. The number of carbonyl (C=O) groups is 1. The Kier molecular flexibility index (Phi) is 6.61. The Morgan fingerprint density at radius 2 is 1.79 bits per heavy atom. The molecular weight excluding hydrogens is 439 g/mol. The van der Waals surface area contributed by atoms with Crippen LogP contribution in [0.3, 0.4) is 0 Å². The van der Waals surface area contributed by atoms with E-state index in [0.29, 0.717) is 23.7 Å². The van der Waals surface area contributed by atoms with E-state index in [1.807, 2.05) is 17.5 Å². The Labute approximate surface area is 177 Å². The molecule has 0 aliphatic rings. The van der Waals surface area contributed by atoms with Gasteiger partial charge in [0, 0.05) is 27.7 Å². The molecule has 1 aromatic heterocycles. The van der Waals surface area contributed by atoms with Gasteiger partial charge in [-0.1, -0.05) is 29.3 Å². The van der Waals surface area contributed by atoms with Gasteiger partial charge in [-0.15, -0.1) is 11.3 Å². The van der Waals surface area contributed by atoms with E-state index in [1.165, 1.54) is 30.3 Å². The summed E-state index contributed by atoms with van der Waals surface area (Å²) < 4.78 is 27.8. The lowest BCUT2D eigenvalue weighted by molar-refractivity contribution is 0.0954. The highest BCUT2D eigenvalue weighted by Crippen LogP contribution is 2.25. The maximum atomic E-state index is 12.7. The van der Waals surface area contributed by atoms with Crippen molar-refractivity contribution >= 4 is 56.2 Å². The number of thiophene rings is 1. The predicted molar refractivity (Wildman–Crippen MR) is 114 cm³/mol. The molecule has 0 aliphatic carbocycles. The molecule has 0 spiro atoms. The molecule has 0 atom stereocenters. The Bertz CT molecular complexity index is 1070. The molecule has 3 aromatic rings. The first kappa shape index (κ1) is 20.7. The first-order valence-corrected chi connectivity index (χ1v) is 11.4. The zero-order valence-electron chi connectivity index (χ0n) is 14.5. The summed E-state index contributed by atoms with van der Waals surface area (Å²) in [7, 11) is -3.97. The molecule has 0 bridgehead atoms. The standard InChI is InChI=1S/C19H16Cl2N2O3S2/c20-14-4-6-15(7-5-14)23-28(25,26)18-12-13(3-8-17(18)21)19(24)22-10-9-16-2-1-11-27-16/h1-8,11-12,23H,9-10H2,(H,22,24). The van der Waals surface area contributed by atoms with Crippen molar-refractivity contribution in [2.75, 3.05) is 11.3 Å². The third-order valence-electron chi connectivity index (χ3n) is 3.82. The van der Waals surface area contributed by atoms with Crippen molar-refractivity contribution in [1.29, 1.82) is 0 Å². The molecule has 1 heterocycles. The van der Waals surface area contributed by atoms with Crippen molar-refractivity contribution in [2.45, 2.75) is 11.3 Å². The fraction of sp³-hybridized carbons (Fsp3) is 0.105. The smallest absolute Gasteiger partial charge is 0.263 e. The summed E-state index contributed by atoms with van der Waals surface area (Å²) in [5.74, 6) is -0.365.